The Hall–Kier alpha value is -12.1. The van der Waals surface area contributed by atoms with Crippen LogP contribution in [0.3, 0.4) is 0 Å². The first-order chi connectivity index (χ1) is 69.6. The van der Waals surface area contributed by atoms with Gasteiger partial charge in [-0.2, -0.15) is 17.6 Å². The average Bonchev–Trinajstić information content (AvgIpc) is 1.46. The van der Waals surface area contributed by atoms with Crippen LogP contribution >= 0.6 is 0 Å². The van der Waals surface area contributed by atoms with E-state index < -0.39 is 17.4 Å². The molecule has 0 bridgehead atoms. The molecule has 0 N–H and O–H groups in total. The van der Waals surface area contributed by atoms with E-state index in [-0.39, 0.29) is 90.6 Å². The number of hydrogen-bond acceptors (Lipinski definition) is 14. The SMILES string of the molecule is CC(C)(C)C1CCc2c(nnn2C(C)(C)C)C(F)(F)CC1.CC(C)(C)C1CCc2nnn(C(C)(C)C)c2C(F)(F)CC1.CC(C)(C)C1Cc2ccccc2-c2c(nnn2C(C)(C)C)-c2ccccc21.CC(C)(C)C1Cc2ccccc2-c2nnn(C(C)(C)C)c2-c2ccccc21.CC(C)(C)N1Cc2ccccc2-c2c(nnn2C(C)(C)C)-c2ccccc21.CC(C)(C)N1Cc2ccccc2-c2nnn(C(C)(C)C)c2-c2ccccc21. The number of rotatable bonds is 0. The molecular formula is C126H168F4N20. The van der Waals surface area contributed by atoms with Crippen molar-refractivity contribution in [3.63, 3.8) is 0 Å². The molecule has 150 heavy (non-hydrogen) atoms. The fourth-order valence-electron chi connectivity index (χ4n) is 22.4. The Morgan fingerprint density at radius 1 is 0.253 bits per heavy atom. The van der Waals surface area contributed by atoms with Crippen molar-refractivity contribution in [1.82, 2.24) is 90.0 Å². The van der Waals surface area contributed by atoms with Gasteiger partial charge in [0.05, 0.1) is 67.4 Å². The molecule has 0 radical (unpaired) electrons. The summed E-state index contributed by atoms with van der Waals surface area (Å²) < 4.78 is 69.9. The molecule has 0 spiro atoms. The summed E-state index contributed by atoms with van der Waals surface area (Å²) in [6.45, 7) is 79.9. The molecule has 8 aromatic carbocycles. The van der Waals surface area contributed by atoms with Gasteiger partial charge < -0.3 is 9.80 Å². The number of hydrogen-bond donors (Lipinski definition) is 0. The second-order valence-electron chi connectivity index (χ2n) is 54.7. The fraction of sp³-hybridized carbons (Fsp3) is 0.524. The summed E-state index contributed by atoms with van der Waals surface area (Å²) in [5.74, 6) is -4.30. The summed E-state index contributed by atoms with van der Waals surface area (Å²) in [5.41, 5.74) is 28.6. The van der Waals surface area contributed by atoms with Crippen LogP contribution in [0.15, 0.2) is 194 Å². The van der Waals surface area contributed by atoms with E-state index in [1.807, 2.05) is 41.5 Å². The van der Waals surface area contributed by atoms with E-state index in [1.165, 1.54) is 88.4 Å². The third-order valence-corrected chi connectivity index (χ3v) is 30.6. The molecule has 6 aliphatic rings. The Morgan fingerprint density at radius 3 is 0.967 bits per heavy atom. The molecule has 2 aliphatic heterocycles. The second kappa shape index (κ2) is 41.2. The highest BCUT2D eigenvalue weighted by molar-refractivity contribution is 5.91. The number of aromatic nitrogens is 18. The monoisotopic (exact) mass is 2040 g/mol. The maximum absolute atomic E-state index is 14.7. The van der Waals surface area contributed by atoms with Gasteiger partial charge in [0.15, 0.2) is 5.69 Å². The molecule has 14 aromatic rings. The van der Waals surface area contributed by atoms with Crippen LogP contribution in [0.25, 0.3) is 90.1 Å². The second-order valence-corrected chi connectivity index (χ2v) is 54.7. The van der Waals surface area contributed by atoms with Gasteiger partial charge in [-0.05, 0) is 308 Å². The first-order valence-electron chi connectivity index (χ1n) is 54.3. The lowest BCUT2D eigenvalue weighted by Crippen LogP contribution is -2.41. The number of benzene rings is 8. The highest BCUT2D eigenvalue weighted by atomic mass is 19.3. The third kappa shape index (κ3) is 23.6. The van der Waals surface area contributed by atoms with Gasteiger partial charge in [0, 0.05) is 92.9 Å². The van der Waals surface area contributed by atoms with E-state index in [0.29, 0.717) is 54.8 Å². The Morgan fingerprint density at radius 2 is 0.547 bits per heavy atom. The van der Waals surface area contributed by atoms with Crippen LogP contribution in [0, 0.1) is 33.5 Å². The molecule has 24 heteroatoms. The first kappa shape index (κ1) is 112. The summed E-state index contributed by atoms with van der Waals surface area (Å²) in [4.78, 5) is 4.96. The van der Waals surface area contributed by atoms with Gasteiger partial charge in [-0.1, -0.05) is 296 Å². The maximum Gasteiger partial charge on any atom is 0.293 e. The van der Waals surface area contributed by atoms with Gasteiger partial charge in [-0.25, -0.2) is 28.1 Å². The number of anilines is 2. The van der Waals surface area contributed by atoms with Crippen molar-refractivity contribution in [3.05, 3.63) is 250 Å². The van der Waals surface area contributed by atoms with Crippen LogP contribution < -0.4 is 9.80 Å². The minimum atomic E-state index is -2.87. The summed E-state index contributed by atoms with van der Waals surface area (Å²) >= 11 is 0. The topological polar surface area (TPSA) is 191 Å². The normalized spacial score (nSPS) is 17.6. The van der Waals surface area contributed by atoms with E-state index >= 15 is 0 Å². The molecule has 20 nitrogen and oxygen atoms in total. The lowest BCUT2D eigenvalue weighted by atomic mass is 9.70. The van der Waals surface area contributed by atoms with Crippen molar-refractivity contribution >= 4 is 11.4 Å². The minimum absolute atomic E-state index is 0.0132. The summed E-state index contributed by atoms with van der Waals surface area (Å²) in [6, 6.07) is 69.5. The molecule has 4 atom stereocenters. The maximum atomic E-state index is 14.7. The molecule has 0 saturated heterocycles. The Labute approximate surface area is 891 Å². The summed E-state index contributed by atoms with van der Waals surface area (Å²) in [7, 11) is 0. The zero-order chi connectivity index (χ0) is 110. The largest absolute Gasteiger partial charge is 0.362 e. The quantitative estimate of drug-likeness (QED) is 0.130. The van der Waals surface area contributed by atoms with Gasteiger partial charge >= 0.3 is 0 Å². The van der Waals surface area contributed by atoms with Crippen molar-refractivity contribution in [2.45, 2.75) is 395 Å². The average molecular weight is 2040 g/mol. The first-order valence-corrected chi connectivity index (χ1v) is 54.3. The van der Waals surface area contributed by atoms with Crippen LogP contribution in [0.4, 0.5) is 28.9 Å². The summed E-state index contributed by atoms with van der Waals surface area (Å²) in [5, 5.41) is 53.0. The zero-order valence-electron chi connectivity index (χ0n) is 96.7. The van der Waals surface area contributed by atoms with Crippen LogP contribution in [0.5, 0.6) is 0 Å². The van der Waals surface area contributed by atoms with E-state index in [4.69, 9.17) is 5.10 Å². The molecule has 8 heterocycles. The number of alkyl halides is 4. The Kier molecular flexibility index (Phi) is 30.7. The van der Waals surface area contributed by atoms with E-state index in [1.54, 1.807) is 4.68 Å². The molecule has 0 amide bonds. The molecule has 20 rings (SSSR count). The van der Waals surface area contributed by atoms with Gasteiger partial charge in [-0.3, -0.25) is 0 Å². The van der Waals surface area contributed by atoms with Crippen LogP contribution in [0.2, 0.25) is 0 Å². The molecule has 0 fully saturated rings. The highest BCUT2D eigenvalue weighted by Crippen LogP contribution is 2.55. The standard InChI is InChI=1S/2C24H29N3.2C23H28N4.2C16H27F2N3/c1-23(2,3)20-15-16-11-7-8-12-17(16)22-21(19-14-10-9-13-18(19)20)25-26-27(22)24(4,5)6;1-23(2,3)20-15-16-11-7-8-12-17(16)21-22(19-14-10-9-13-18(19)20)27(26-25-21)24(4,5)6;1-22(2,3)26-15-16-11-7-8-12-17(16)21-20(18-13-9-10-14-19(18)26)24-25-27(21)23(4,5)6;1-22(2,3)26-15-16-11-7-8-12-17(16)20-21(18-13-9-10-14-19(18)26)27(25-24-20)23(4,5)6;1-14(2,3)11-7-8-12-13(16(17,18)10-9-11)19-20-21(12)15(4,5)6;1-14(2,3)11-7-8-12-13(16(17,18)10-9-11)21(20-19-12)15(4,5)6/h2*7-14,20H,15H2,1-6H3;2*7-14H,15H2,1-6H3;2*11H,7-10H2,1-6H3. The van der Waals surface area contributed by atoms with Gasteiger partial charge in [0.1, 0.15) is 28.5 Å². The van der Waals surface area contributed by atoms with Crippen molar-refractivity contribution in [3.8, 4) is 90.1 Å². The predicted molar refractivity (Wildman–Crippen MR) is 606 cm³/mol. The lowest BCUT2D eigenvalue weighted by molar-refractivity contribution is -0.0392. The fourth-order valence-corrected chi connectivity index (χ4v) is 22.4. The van der Waals surface area contributed by atoms with Gasteiger partial charge in [0.25, 0.3) is 11.8 Å². The van der Waals surface area contributed by atoms with Crippen LogP contribution in [0.1, 0.15) is 356 Å². The number of fused-ring (bicyclic) bond motifs is 22. The molecular weight excluding hydrogens is 1870 g/mol. The van der Waals surface area contributed by atoms with E-state index in [0.717, 1.165) is 89.9 Å². The molecule has 6 aromatic heterocycles. The van der Waals surface area contributed by atoms with Crippen molar-refractivity contribution < 1.29 is 17.6 Å². The minimum Gasteiger partial charge on any atom is -0.362 e. The number of halogens is 4. The van der Waals surface area contributed by atoms with E-state index in [9.17, 15) is 17.6 Å². The molecule has 800 valence electrons. The number of para-hydroxylation sites is 2. The Bertz CT molecular complexity index is 6770. The van der Waals surface area contributed by atoms with Crippen molar-refractivity contribution in [1.29, 1.82) is 0 Å². The lowest BCUT2D eigenvalue weighted by Gasteiger charge is -2.40. The zero-order valence-corrected chi connectivity index (χ0v) is 96.7. The van der Waals surface area contributed by atoms with Gasteiger partial charge in [-0.15, -0.1) is 30.6 Å². The van der Waals surface area contributed by atoms with Gasteiger partial charge in [0.2, 0.25) is 0 Å². The van der Waals surface area contributed by atoms with E-state index in [2.05, 4.69) is 487 Å². The molecule has 4 unspecified atom stereocenters. The predicted octanol–water partition coefficient (Wildman–Crippen LogP) is 32.1. The highest BCUT2D eigenvalue weighted by Gasteiger charge is 2.48. The van der Waals surface area contributed by atoms with Crippen LogP contribution in [-0.4, -0.2) is 101 Å². The molecule has 4 aliphatic carbocycles. The number of nitrogens with zero attached hydrogens (tertiary/aromatic N) is 20. The number of aryl methyl sites for hydroxylation is 1. The third-order valence-electron chi connectivity index (χ3n) is 30.6. The van der Waals surface area contributed by atoms with Crippen LogP contribution in [-0.2, 0) is 83.9 Å². The summed E-state index contributed by atoms with van der Waals surface area (Å²) in [6.07, 6.45) is 5.88. The smallest absolute Gasteiger partial charge is 0.293 e. The molecule has 0 saturated carbocycles. The van der Waals surface area contributed by atoms with Crippen molar-refractivity contribution in [2.75, 3.05) is 9.80 Å². The Balaban J connectivity index is 0.000000135. The van der Waals surface area contributed by atoms with Crippen molar-refractivity contribution in [2.24, 2.45) is 33.5 Å².